The molecule has 1 aliphatic heterocycles. The molecule has 0 atom stereocenters. The Bertz CT molecular complexity index is 502. The number of unbranched alkanes of at least 4 members (excludes halogenated alkanes) is 1. The fourth-order valence-corrected chi connectivity index (χ4v) is 2.98. The summed E-state index contributed by atoms with van der Waals surface area (Å²) in [4.78, 5) is 1.92. The summed E-state index contributed by atoms with van der Waals surface area (Å²) in [5, 5.41) is 2.91. The summed E-state index contributed by atoms with van der Waals surface area (Å²) >= 11 is 3.29. The van der Waals surface area contributed by atoms with Crippen LogP contribution in [-0.2, 0) is 10.9 Å². The van der Waals surface area contributed by atoms with Crippen molar-refractivity contribution in [3.05, 3.63) is 22.2 Å². The summed E-state index contributed by atoms with van der Waals surface area (Å²) in [6, 6.07) is 2.97. The minimum atomic E-state index is -4.39. The number of nitrogens with one attached hydrogen (secondary N) is 1. The molecule has 2 rings (SSSR count). The van der Waals surface area contributed by atoms with Crippen LogP contribution < -0.4 is 10.2 Å². The van der Waals surface area contributed by atoms with Gasteiger partial charge < -0.3 is 15.0 Å². The van der Waals surface area contributed by atoms with Crippen LogP contribution in [0.5, 0.6) is 0 Å². The summed E-state index contributed by atoms with van der Waals surface area (Å²) in [7, 11) is 0. The molecular formula is C15H20BrF3N2O. The number of rotatable bonds is 5. The normalized spacial score (nSPS) is 16.0. The summed E-state index contributed by atoms with van der Waals surface area (Å²) in [5.74, 6) is 0. The molecule has 124 valence electrons. The van der Waals surface area contributed by atoms with Gasteiger partial charge in [0.05, 0.1) is 24.5 Å². The zero-order valence-corrected chi connectivity index (χ0v) is 14.1. The van der Waals surface area contributed by atoms with Gasteiger partial charge in [-0.05, 0) is 34.5 Å². The molecule has 1 heterocycles. The fourth-order valence-electron chi connectivity index (χ4n) is 2.39. The SMILES string of the molecule is CCCCNc1c(Br)cc(N2CCOCC2)cc1C(F)(F)F. The van der Waals surface area contributed by atoms with Gasteiger partial charge in [0.2, 0.25) is 0 Å². The Morgan fingerprint density at radius 2 is 1.95 bits per heavy atom. The molecule has 0 radical (unpaired) electrons. The van der Waals surface area contributed by atoms with Gasteiger partial charge in [0, 0.05) is 29.8 Å². The Balaban J connectivity index is 2.33. The molecule has 0 unspecified atom stereocenters. The van der Waals surface area contributed by atoms with E-state index in [4.69, 9.17) is 4.74 Å². The van der Waals surface area contributed by atoms with Crippen LogP contribution >= 0.6 is 15.9 Å². The predicted octanol–water partition coefficient (Wildman–Crippen LogP) is 4.52. The Morgan fingerprint density at radius 3 is 2.55 bits per heavy atom. The monoisotopic (exact) mass is 380 g/mol. The van der Waals surface area contributed by atoms with Crippen molar-refractivity contribution < 1.29 is 17.9 Å². The zero-order chi connectivity index (χ0) is 16.2. The second-order valence-electron chi connectivity index (χ2n) is 5.23. The van der Waals surface area contributed by atoms with Crippen molar-refractivity contribution in [2.75, 3.05) is 43.1 Å². The van der Waals surface area contributed by atoms with Crippen LogP contribution in [0.2, 0.25) is 0 Å². The molecule has 1 aromatic carbocycles. The van der Waals surface area contributed by atoms with Gasteiger partial charge in [-0.3, -0.25) is 0 Å². The van der Waals surface area contributed by atoms with Crippen molar-refractivity contribution in [1.29, 1.82) is 0 Å². The third kappa shape index (κ3) is 4.29. The first-order valence-electron chi connectivity index (χ1n) is 7.40. The van der Waals surface area contributed by atoms with E-state index in [1.807, 2.05) is 11.8 Å². The fraction of sp³-hybridized carbons (Fsp3) is 0.600. The molecule has 0 bridgehead atoms. The Morgan fingerprint density at radius 1 is 1.27 bits per heavy atom. The number of halogens is 4. The molecule has 0 amide bonds. The summed E-state index contributed by atoms with van der Waals surface area (Å²) < 4.78 is 45.8. The van der Waals surface area contributed by atoms with Crippen LogP contribution in [0.25, 0.3) is 0 Å². The number of ether oxygens (including phenoxy) is 1. The molecule has 7 heteroatoms. The lowest BCUT2D eigenvalue weighted by atomic mass is 10.1. The average Bonchev–Trinajstić information content (AvgIpc) is 2.48. The van der Waals surface area contributed by atoms with Crippen molar-refractivity contribution in [3.8, 4) is 0 Å². The molecule has 0 saturated carbocycles. The van der Waals surface area contributed by atoms with Crippen LogP contribution in [0, 0.1) is 0 Å². The van der Waals surface area contributed by atoms with Crippen molar-refractivity contribution in [1.82, 2.24) is 0 Å². The van der Waals surface area contributed by atoms with Crippen LogP contribution in [0.3, 0.4) is 0 Å². The largest absolute Gasteiger partial charge is 0.418 e. The minimum absolute atomic E-state index is 0.123. The van der Waals surface area contributed by atoms with E-state index in [0.29, 0.717) is 43.0 Å². The van der Waals surface area contributed by atoms with Crippen LogP contribution in [0.15, 0.2) is 16.6 Å². The lowest BCUT2D eigenvalue weighted by Gasteiger charge is -2.30. The average molecular weight is 381 g/mol. The molecule has 1 N–H and O–H groups in total. The third-order valence-electron chi connectivity index (χ3n) is 3.59. The molecule has 1 aromatic rings. The zero-order valence-electron chi connectivity index (χ0n) is 12.5. The van der Waals surface area contributed by atoms with Gasteiger partial charge in [-0.1, -0.05) is 13.3 Å². The maximum atomic E-state index is 13.4. The van der Waals surface area contributed by atoms with Crippen molar-refractivity contribution in [3.63, 3.8) is 0 Å². The third-order valence-corrected chi connectivity index (χ3v) is 4.21. The van der Waals surface area contributed by atoms with Crippen LogP contribution in [0.4, 0.5) is 24.5 Å². The van der Waals surface area contributed by atoms with Gasteiger partial charge in [0.25, 0.3) is 0 Å². The number of alkyl halides is 3. The summed E-state index contributed by atoms with van der Waals surface area (Å²) in [6.45, 7) is 4.81. The van der Waals surface area contributed by atoms with Crippen LogP contribution in [-0.4, -0.2) is 32.8 Å². The number of hydrogen-bond donors (Lipinski definition) is 1. The van der Waals surface area contributed by atoms with E-state index in [2.05, 4.69) is 21.2 Å². The first-order valence-corrected chi connectivity index (χ1v) is 8.20. The summed E-state index contributed by atoms with van der Waals surface area (Å²) in [5.41, 5.74) is 0.0703. The Labute approximate surface area is 136 Å². The topological polar surface area (TPSA) is 24.5 Å². The first kappa shape index (κ1) is 17.4. The summed E-state index contributed by atoms with van der Waals surface area (Å²) in [6.07, 6.45) is -2.63. The molecule has 3 nitrogen and oxygen atoms in total. The number of nitrogens with zero attached hydrogens (tertiary/aromatic N) is 1. The maximum absolute atomic E-state index is 13.4. The van der Waals surface area contributed by atoms with Gasteiger partial charge in [-0.2, -0.15) is 13.2 Å². The van der Waals surface area contributed by atoms with E-state index in [1.165, 1.54) is 6.07 Å². The maximum Gasteiger partial charge on any atom is 0.418 e. The van der Waals surface area contributed by atoms with E-state index < -0.39 is 11.7 Å². The van der Waals surface area contributed by atoms with Gasteiger partial charge in [-0.25, -0.2) is 0 Å². The number of anilines is 2. The molecule has 22 heavy (non-hydrogen) atoms. The highest BCUT2D eigenvalue weighted by atomic mass is 79.9. The van der Waals surface area contributed by atoms with Gasteiger partial charge in [0.1, 0.15) is 0 Å². The van der Waals surface area contributed by atoms with Gasteiger partial charge in [0.15, 0.2) is 0 Å². The van der Waals surface area contributed by atoms with E-state index in [9.17, 15) is 13.2 Å². The standard InChI is InChI=1S/C15H20BrF3N2O/c1-2-3-4-20-14-12(15(17,18)19)9-11(10-13(14)16)21-5-7-22-8-6-21/h9-10,20H,2-8H2,1H3. The molecule has 0 aromatic heterocycles. The molecule has 1 saturated heterocycles. The quantitative estimate of drug-likeness (QED) is 0.760. The number of morpholine rings is 1. The van der Waals surface area contributed by atoms with E-state index in [-0.39, 0.29) is 5.69 Å². The highest BCUT2D eigenvalue weighted by molar-refractivity contribution is 9.10. The molecule has 0 aliphatic carbocycles. The second kappa shape index (κ2) is 7.55. The molecule has 1 aliphatic rings. The van der Waals surface area contributed by atoms with Crippen molar-refractivity contribution in [2.45, 2.75) is 25.9 Å². The highest BCUT2D eigenvalue weighted by Crippen LogP contribution is 2.41. The second-order valence-corrected chi connectivity index (χ2v) is 6.08. The number of benzene rings is 1. The molecule has 0 spiro atoms. The van der Waals surface area contributed by atoms with E-state index >= 15 is 0 Å². The number of hydrogen-bond acceptors (Lipinski definition) is 3. The van der Waals surface area contributed by atoms with E-state index in [1.54, 1.807) is 6.07 Å². The minimum Gasteiger partial charge on any atom is -0.384 e. The predicted molar refractivity (Wildman–Crippen MR) is 85.6 cm³/mol. The lowest BCUT2D eigenvalue weighted by molar-refractivity contribution is -0.137. The Hall–Kier alpha value is -0.950. The van der Waals surface area contributed by atoms with Gasteiger partial charge >= 0.3 is 6.18 Å². The highest BCUT2D eigenvalue weighted by Gasteiger charge is 2.35. The Kier molecular flexibility index (Phi) is 5.97. The van der Waals surface area contributed by atoms with E-state index in [0.717, 1.165) is 12.8 Å². The van der Waals surface area contributed by atoms with Crippen molar-refractivity contribution >= 4 is 27.3 Å². The molecular weight excluding hydrogens is 361 g/mol. The van der Waals surface area contributed by atoms with Gasteiger partial charge in [-0.15, -0.1) is 0 Å². The lowest BCUT2D eigenvalue weighted by Crippen LogP contribution is -2.36. The molecule has 1 fully saturated rings. The first-order chi connectivity index (χ1) is 10.4. The van der Waals surface area contributed by atoms with Crippen molar-refractivity contribution in [2.24, 2.45) is 0 Å². The smallest absolute Gasteiger partial charge is 0.384 e. The van der Waals surface area contributed by atoms with Crippen LogP contribution in [0.1, 0.15) is 25.3 Å².